The van der Waals surface area contributed by atoms with E-state index in [4.69, 9.17) is 0 Å². The number of hydrogen-bond donors (Lipinski definition) is 1. The van der Waals surface area contributed by atoms with Crippen molar-refractivity contribution < 1.29 is 14.3 Å². The van der Waals surface area contributed by atoms with Gasteiger partial charge in [-0.05, 0) is 12.8 Å². The Morgan fingerprint density at radius 1 is 1.44 bits per heavy atom. The molecule has 0 fully saturated rings. The van der Waals surface area contributed by atoms with Crippen LogP contribution in [-0.2, 0) is 16.1 Å². The highest BCUT2D eigenvalue weighted by Crippen LogP contribution is 2.00. The third-order valence-electron chi connectivity index (χ3n) is 2.60. The van der Waals surface area contributed by atoms with Crippen LogP contribution in [0.2, 0.25) is 0 Å². The molecule has 0 radical (unpaired) electrons. The Bertz CT molecular complexity index is 428. The fraction of sp³-hybridized carbons (Fsp3) is 0.636. The number of hydrogen-bond acceptors (Lipinski definition) is 5. The third-order valence-corrected chi connectivity index (χ3v) is 2.60. The summed E-state index contributed by atoms with van der Waals surface area (Å²) < 4.78 is 5.77. The minimum atomic E-state index is -0.621. The van der Waals surface area contributed by atoms with E-state index in [2.05, 4.69) is 20.1 Å². The first-order valence-corrected chi connectivity index (χ1v) is 5.71. The normalized spacial score (nSPS) is 12.3. The third kappa shape index (κ3) is 3.83. The van der Waals surface area contributed by atoms with E-state index in [-0.39, 0.29) is 24.3 Å². The molecule has 0 bridgehead atoms. The number of rotatable bonds is 5. The number of methoxy groups -OCH3 is 1. The van der Waals surface area contributed by atoms with Crippen molar-refractivity contribution in [2.75, 3.05) is 7.11 Å². The number of carbonyl (C=O) groups excluding carboxylic acids is 2. The largest absolute Gasteiger partial charge is 0.463 e. The molecule has 1 atom stereocenters. The first kappa shape index (κ1) is 14.1. The number of carbonyl (C=O) groups is 2. The lowest BCUT2D eigenvalue weighted by molar-refractivity contribution is -0.122. The van der Waals surface area contributed by atoms with Crippen LogP contribution in [0.4, 0.5) is 0 Å². The van der Waals surface area contributed by atoms with Crippen LogP contribution in [0.3, 0.4) is 0 Å². The molecule has 1 heterocycles. The van der Waals surface area contributed by atoms with Gasteiger partial charge in [-0.25, -0.2) is 14.5 Å². The summed E-state index contributed by atoms with van der Waals surface area (Å²) in [5, 5.41) is 6.68. The Balaban J connectivity index is 2.55. The van der Waals surface area contributed by atoms with Crippen LogP contribution in [0, 0.1) is 5.92 Å². The molecule has 1 aromatic rings. The van der Waals surface area contributed by atoms with Gasteiger partial charge in [-0.2, -0.15) is 0 Å². The van der Waals surface area contributed by atoms with Gasteiger partial charge >= 0.3 is 5.97 Å². The first-order valence-electron chi connectivity index (χ1n) is 5.71. The van der Waals surface area contributed by atoms with Crippen LogP contribution >= 0.6 is 0 Å². The summed E-state index contributed by atoms with van der Waals surface area (Å²) in [6.07, 6.45) is 1.33. The molecule has 0 aliphatic rings. The predicted octanol–water partition coefficient (Wildman–Crippen LogP) is 0.225. The highest BCUT2D eigenvalue weighted by Gasteiger charge is 2.14. The predicted molar refractivity (Wildman–Crippen MR) is 63.8 cm³/mol. The van der Waals surface area contributed by atoms with Gasteiger partial charge in [0.15, 0.2) is 0 Å². The Morgan fingerprint density at radius 2 is 2.11 bits per heavy atom. The minimum Gasteiger partial charge on any atom is -0.463 e. The molecule has 1 rings (SSSR count). The maximum absolute atomic E-state index is 11.7. The maximum Gasteiger partial charge on any atom is 0.377 e. The quantitative estimate of drug-likeness (QED) is 0.760. The van der Waals surface area contributed by atoms with Crippen molar-refractivity contribution in [3.63, 3.8) is 0 Å². The average Bonchev–Trinajstić information content (AvgIpc) is 2.76. The Hall–Kier alpha value is -1.92. The molecule has 0 aliphatic carbocycles. The van der Waals surface area contributed by atoms with E-state index in [1.165, 1.54) is 18.1 Å². The molecule has 0 spiro atoms. The number of esters is 1. The molecule has 0 aromatic carbocycles. The minimum absolute atomic E-state index is 0.0288. The highest BCUT2D eigenvalue weighted by molar-refractivity contribution is 5.84. The molecule has 1 unspecified atom stereocenters. The van der Waals surface area contributed by atoms with Crippen molar-refractivity contribution in [1.82, 2.24) is 20.1 Å². The number of nitrogens with zero attached hydrogens (tertiary/aromatic N) is 3. The lowest BCUT2D eigenvalue weighted by Gasteiger charge is -2.17. The fourth-order valence-electron chi connectivity index (χ4n) is 1.17. The Kier molecular flexibility index (Phi) is 4.82. The summed E-state index contributed by atoms with van der Waals surface area (Å²) >= 11 is 0. The van der Waals surface area contributed by atoms with Crippen molar-refractivity contribution in [2.45, 2.75) is 33.4 Å². The van der Waals surface area contributed by atoms with Crippen LogP contribution in [0.1, 0.15) is 31.4 Å². The van der Waals surface area contributed by atoms with Gasteiger partial charge in [0.1, 0.15) is 12.9 Å². The molecule has 0 aliphatic heterocycles. The molecule has 100 valence electrons. The molecular weight excluding hydrogens is 236 g/mol. The number of aromatic nitrogens is 3. The Labute approximate surface area is 106 Å². The number of nitrogens with one attached hydrogen (secondary N) is 1. The van der Waals surface area contributed by atoms with Crippen LogP contribution in [-0.4, -0.2) is 39.8 Å². The molecule has 1 amide bonds. The lowest BCUT2D eigenvalue weighted by Crippen LogP contribution is -2.38. The smallest absolute Gasteiger partial charge is 0.377 e. The highest BCUT2D eigenvalue weighted by atomic mass is 16.5. The van der Waals surface area contributed by atoms with E-state index in [1.54, 1.807) is 0 Å². The van der Waals surface area contributed by atoms with Crippen LogP contribution in [0.5, 0.6) is 0 Å². The second-order valence-electron chi connectivity index (χ2n) is 4.36. The van der Waals surface area contributed by atoms with Crippen molar-refractivity contribution in [3.8, 4) is 0 Å². The van der Waals surface area contributed by atoms with Gasteiger partial charge in [0.25, 0.3) is 5.82 Å². The van der Waals surface area contributed by atoms with E-state index < -0.39 is 5.97 Å². The second-order valence-corrected chi connectivity index (χ2v) is 4.36. The van der Waals surface area contributed by atoms with E-state index >= 15 is 0 Å². The number of ether oxygens (including phenoxy) is 1. The van der Waals surface area contributed by atoms with Gasteiger partial charge in [0.2, 0.25) is 5.91 Å². The van der Waals surface area contributed by atoms with Crippen LogP contribution in [0.25, 0.3) is 0 Å². The standard InChI is InChI=1S/C11H18N4O3/c1-7(2)8(3)13-9(16)5-15-6-12-10(14-15)11(17)18-4/h6-8H,5H2,1-4H3,(H,13,16). The molecule has 0 saturated carbocycles. The molecular formula is C11H18N4O3. The molecule has 0 saturated heterocycles. The van der Waals surface area contributed by atoms with E-state index in [1.807, 2.05) is 20.8 Å². The van der Waals surface area contributed by atoms with Crippen molar-refractivity contribution in [1.29, 1.82) is 0 Å². The molecule has 7 heteroatoms. The monoisotopic (exact) mass is 254 g/mol. The van der Waals surface area contributed by atoms with Gasteiger partial charge in [-0.1, -0.05) is 13.8 Å². The average molecular weight is 254 g/mol. The van der Waals surface area contributed by atoms with Crippen molar-refractivity contribution in [3.05, 3.63) is 12.2 Å². The van der Waals surface area contributed by atoms with Crippen molar-refractivity contribution >= 4 is 11.9 Å². The van der Waals surface area contributed by atoms with Crippen LogP contribution in [0.15, 0.2) is 6.33 Å². The van der Waals surface area contributed by atoms with E-state index in [0.29, 0.717) is 5.92 Å². The van der Waals surface area contributed by atoms with Gasteiger partial charge in [-0.15, -0.1) is 5.10 Å². The Morgan fingerprint density at radius 3 is 2.67 bits per heavy atom. The summed E-state index contributed by atoms with van der Waals surface area (Å²) in [4.78, 5) is 26.5. The van der Waals surface area contributed by atoms with E-state index in [0.717, 1.165) is 0 Å². The summed E-state index contributed by atoms with van der Waals surface area (Å²) in [5.41, 5.74) is 0. The van der Waals surface area contributed by atoms with Gasteiger partial charge in [0.05, 0.1) is 7.11 Å². The summed E-state index contributed by atoms with van der Waals surface area (Å²) in [6, 6.07) is 0.0844. The van der Waals surface area contributed by atoms with E-state index in [9.17, 15) is 9.59 Å². The first-order chi connectivity index (χ1) is 8.43. The molecule has 1 aromatic heterocycles. The van der Waals surface area contributed by atoms with Gasteiger partial charge in [0, 0.05) is 6.04 Å². The second kappa shape index (κ2) is 6.13. The van der Waals surface area contributed by atoms with Gasteiger partial charge < -0.3 is 10.1 Å². The summed E-state index contributed by atoms with van der Waals surface area (Å²) in [6.45, 7) is 6.01. The van der Waals surface area contributed by atoms with Gasteiger partial charge in [-0.3, -0.25) is 4.79 Å². The topological polar surface area (TPSA) is 86.1 Å². The SMILES string of the molecule is COC(=O)c1ncn(CC(=O)NC(C)C(C)C)n1. The lowest BCUT2D eigenvalue weighted by atomic mass is 10.1. The summed E-state index contributed by atoms with van der Waals surface area (Å²) in [5.74, 6) is -0.486. The zero-order valence-electron chi connectivity index (χ0n) is 11.0. The maximum atomic E-state index is 11.7. The molecule has 18 heavy (non-hydrogen) atoms. The summed E-state index contributed by atoms with van der Waals surface area (Å²) in [7, 11) is 1.25. The van der Waals surface area contributed by atoms with Crippen LogP contribution < -0.4 is 5.32 Å². The molecule has 7 nitrogen and oxygen atoms in total. The zero-order valence-corrected chi connectivity index (χ0v) is 11.0. The van der Waals surface area contributed by atoms with Crippen molar-refractivity contribution in [2.24, 2.45) is 5.92 Å². The number of amides is 1. The zero-order chi connectivity index (χ0) is 13.7. The molecule has 1 N–H and O–H groups in total. The fourth-order valence-corrected chi connectivity index (χ4v) is 1.17.